The van der Waals surface area contributed by atoms with Gasteiger partial charge in [-0.2, -0.15) is 0 Å². The van der Waals surface area contributed by atoms with E-state index in [1.165, 1.54) is 0 Å². The van der Waals surface area contributed by atoms with Crippen molar-refractivity contribution in [1.82, 2.24) is 0 Å². The van der Waals surface area contributed by atoms with Crippen molar-refractivity contribution in [3.63, 3.8) is 0 Å². The van der Waals surface area contributed by atoms with Gasteiger partial charge in [-0.3, -0.25) is 4.79 Å². The third kappa shape index (κ3) is 2.84. The molecule has 0 amide bonds. The molecule has 0 atom stereocenters. The van der Waals surface area contributed by atoms with Crippen LogP contribution >= 0.6 is 0 Å². The first kappa shape index (κ1) is 12.0. The number of hydrogen-bond acceptors (Lipinski definition) is 2. The van der Waals surface area contributed by atoms with Crippen LogP contribution < -0.4 is 4.74 Å². The van der Waals surface area contributed by atoms with E-state index < -0.39 is 0 Å². The molecule has 0 aromatic heterocycles. The number of carbonyl (C=O) groups excluding carboxylic acids is 1. The maximum absolute atomic E-state index is 12.3. The topological polar surface area (TPSA) is 26.3 Å². The molecule has 19 heavy (non-hydrogen) atoms. The first-order valence-corrected chi connectivity index (χ1v) is 6.60. The summed E-state index contributed by atoms with van der Waals surface area (Å²) >= 11 is 0. The predicted molar refractivity (Wildman–Crippen MR) is 74.7 cm³/mol. The van der Waals surface area contributed by atoms with Crippen molar-refractivity contribution in [2.45, 2.75) is 25.9 Å². The number of hydrogen-bond donors (Lipinski definition) is 0. The zero-order valence-electron chi connectivity index (χ0n) is 10.9. The van der Waals surface area contributed by atoms with Gasteiger partial charge in [-0.05, 0) is 44.0 Å². The molecule has 2 aromatic rings. The van der Waals surface area contributed by atoms with Gasteiger partial charge in [0.1, 0.15) is 5.75 Å². The Bertz CT molecular complexity index is 578. The summed E-state index contributed by atoms with van der Waals surface area (Å²) in [6, 6.07) is 15.1. The summed E-state index contributed by atoms with van der Waals surface area (Å²) in [5.74, 6) is 0.904. The van der Waals surface area contributed by atoms with Crippen LogP contribution in [0.4, 0.5) is 0 Å². The Morgan fingerprint density at radius 1 is 0.947 bits per heavy atom. The van der Waals surface area contributed by atoms with E-state index >= 15 is 0 Å². The summed E-state index contributed by atoms with van der Waals surface area (Å²) in [7, 11) is 0. The van der Waals surface area contributed by atoms with Crippen molar-refractivity contribution in [2.75, 3.05) is 0 Å². The Morgan fingerprint density at radius 3 is 2.00 bits per heavy atom. The number of ether oxygens (including phenoxy) is 1. The predicted octanol–water partition coefficient (Wildman–Crippen LogP) is 3.77. The number of rotatable bonds is 4. The normalized spacial score (nSPS) is 14.2. The summed E-state index contributed by atoms with van der Waals surface area (Å²) in [4.78, 5) is 12.3. The highest BCUT2D eigenvalue weighted by molar-refractivity contribution is 6.09. The average molecular weight is 252 g/mol. The van der Waals surface area contributed by atoms with Gasteiger partial charge in [-0.15, -0.1) is 0 Å². The molecule has 2 heteroatoms. The molecule has 0 N–H and O–H groups in total. The molecular formula is C17H16O2. The van der Waals surface area contributed by atoms with Gasteiger partial charge in [0.25, 0.3) is 0 Å². The molecule has 3 rings (SSSR count). The van der Waals surface area contributed by atoms with E-state index in [0.29, 0.717) is 11.7 Å². The van der Waals surface area contributed by atoms with Gasteiger partial charge >= 0.3 is 0 Å². The van der Waals surface area contributed by atoms with Gasteiger partial charge in [0.2, 0.25) is 0 Å². The first-order valence-electron chi connectivity index (χ1n) is 6.60. The molecule has 0 aliphatic heterocycles. The molecule has 0 spiro atoms. The summed E-state index contributed by atoms with van der Waals surface area (Å²) in [5.41, 5.74) is 2.58. The molecule has 0 saturated heterocycles. The summed E-state index contributed by atoms with van der Waals surface area (Å²) < 4.78 is 5.67. The molecular weight excluding hydrogens is 236 g/mol. The molecule has 2 nitrogen and oxygen atoms in total. The average Bonchev–Trinajstić information content (AvgIpc) is 3.24. The first-order chi connectivity index (χ1) is 9.22. The summed E-state index contributed by atoms with van der Waals surface area (Å²) in [5, 5.41) is 0. The molecule has 0 bridgehead atoms. The van der Waals surface area contributed by atoms with E-state index in [4.69, 9.17) is 4.74 Å². The molecule has 0 radical (unpaired) electrons. The van der Waals surface area contributed by atoms with Gasteiger partial charge in [0.05, 0.1) is 6.10 Å². The molecule has 1 saturated carbocycles. The van der Waals surface area contributed by atoms with Crippen LogP contribution in [-0.4, -0.2) is 11.9 Å². The SMILES string of the molecule is Cc1ccc(C(=O)c2ccc(OC3CC3)cc2)cc1. The summed E-state index contributed by atoms with van der Waals surface area (Å²) in [6.45, 7) is 2.01. The maximum atomic E-state index is 12.3. The second-order valence-electron chi connectivity index (χ2n) is 5.04. The zero-order chi connectivity index (χ0) is 13.2. The zero-order valence-corrected chi connectivity index (χ0v) is 10.9. The van der Waals surface area contributed by atoms with Crippen LogP contribution in [0.2, 0.25) is 0 Å². The smallest absolute Gasteiger partial charge is 0.193 e. The largest absolute Gasteiger partial charge is 0.490 e. The fourth-order valence-corrected chi connectivity index (χ4v) is 1.93. The van der Waals surface area contributed by atoms with Gasteiger partial charge in [-0.25, -0.2) is 0 Å². The van der Waals surface area contributed by atoms with Gasteiger partial charge in [0, 0.05) is 11.1 Å². The van der Waals surface area contributed by atoms with Crippen LogP contribution in [0.3, 0.4) is 0 Å². The van der Waals surface area contributed by atoms with E-state index in [1.807, 2.05) is 55.5 Å². The van der Waals surface area contributed by atoms with Gasteiger partial charge in [-0.1, -0.05) is 29.8 Å². The van der Waals surface area contributed by atoms with Crippen LogP contribution in [0.25, 0.3) is 0 Å². The Labute approximate surface area is 113 Å². The van der Waals surface area contributed by atoms with Crippen molar-refractivity contribution in [3.8, 4) is 5.75 Å². The third-order valence-electron chi connectivity index (χ3n) is 3.26. The van der Waals surface area contributed by atoms with Crippen molar-refractivity contribution in [2.24, 2.45) is 0 Å². The molecule has 2 aromatic carbocycles. The van der Waals surface area contributed by atoms with Crippen molar-refractivity contribution in [3.05, 3.63) is 65.2 Å². The van der Waals surface area contributed by atoms with E-state index in [0.717, 1.165) is 29.7 Å². The Balaban J connectivity index is 1.77. The lowest BCUT2D eigenvalue weighted by Crippen LogP contribution is -2.02. The van der Waals surface area contributed by atoms with Crippen LogP contribution in [0.15, 0.2) is 48.5 Å². The lowest BCUT2D eigenvalue weighted by atomic mass is 10.0. The third-order valence-corrected chi connectivity index (χ3v) is 3.26. The number of ketones is 1. The number of carbonyl (C=O) groups is 1. The minimum Gasteiger partial charge on any atom is -0.490 e. The van der Waals surface area contributed by atoms with Crippen molar-refractivity contribution in [1.29, 1.82) is 0 Å². The summed E-state index contributed by atoms with van der Waals surface area (Å²) in [6.07, 6.45) is 2.67. The van der Waals surface area contributed by atoms with E-state index in [-0.39, 0.29) is 5.78 Å². The lowest BCUT2D eigenvalue weighted by Gasteiger charge is -2.05. The van der Waals surface area contributed by atoms with Crippen LogP contribution in [0.5, 0.6) is 5.75 Å². The highest BCUT2D eigenvalue weighted by Crippen LogP contribution is 2.27. The van der Waals surface area contributed by atoms with Crippen LogP contribution in [-0.2, 0) is 0 Å². The molecule has 1 fully saturated rings. The molecule has 96 valence electrons. The lowest BCUT2D eigenvalue weighted by molar-refractivity contribution is 0.103. The van der Waals surface area contributed by atoms with Crippen LogP contribution in [0.1, 0.15) is 34.3 Å². The second-order valence-corrected chi connectivity index (χ2v) is 5.04. The standard InChI is InChI=1S/C17H16O2/c1-12-2-4-13(5-3-12)17(18)14-6-8-15(9-7-14)19-16-10-11-16/h2-9,16H,10-11H2,1H3. The van der Waals surface area contributed by atoms with E-state index in [2.05, 4.69) is 0 Å². The highest BCUT2D eigenvalue weighted by atomic mass is 16.5. The van der Waals surface area contributed by atoms with E-state index in [1.54, 1.807) is 0 Å². The Kier molecular flexibility index (Phi) is 3.08. The molecule has 0 heterocycles. The van der Waals surface area contributed by atoms with Crippen molar-refractivity contribution >= 4 is 5.78 Å². The van der Waals surface area contributed by atoms with E-state index in [9.17, 15) is 4.79 Å². The van der Waals surface area contributed by atoms with Crippen molar-refractivity contribution < 1.29 is 9.53 Å². The van der Waals surface area contributed by atoms with Gasteiger partial charge in [0.15, 0.2) is 5.78 Å². The monoisotopic (exact) mass is 252 g/mol. The molecule has 1 aliphatic carbocycles. The minimum atomic E-state index is 0.0537. The Hall–Kier alpha value is -2.09. The quantitative estimate of drug-likeness (QED) is 0.774. The maximum Gasteiger partial charge on any atom is 0.193 e. The number of aryl methyl sites for hydroxylation is 1. The highest BCUT2D eigenvalue weighted by Gasteiger charge is 2.23. The second kappa shape index (κ2) is 4.88. The number of benzene rings is 2. The minimum absolute atomic E-state index is 0.0537. The van der Waals surface area contributed by atoms with Crippen LogP contribution in [0, 0.1) is 6.92 Å². The van der Waals surface area contributed by atoms with Gasteiger partial charge < -0.3 is 4.74 Å². The fourth-order valence-electron chi connectivity index (χ4n) is 1.93. The Morgan fingerprint density at radius 2 is 1.47 bits per heavy atom. The molecule has 0 unspecified atom stereocenters. The fraction of sp³-hybridized carbons (Fsp3) is 0.235. The molecule has 1 aliphatic rings.